The number of benzene rings is 3. The normalized spacial score (nSPS) is 13.3. The zero-order chi connectivity index (χ0) is 25.0. The first-order chi connectivity index (χ1) is 16.7. The van der Waals surface area contributed by atoms with Crippen LogP contribution in [-0.2, 0) is 14.8 Å². The molecule has 0 saturated carbocycles. The predicted molar refractivity (Wildman–Crippen MR) is 135 cm³/mol. The largest absolute Gasteiger partial charge is 0.486 e. The Balaban J connectivity index is 1.56. The van der Waals surface area contributed by atoms with Crippen LogP contribution in [0.4, 0.5) is 5.69 Å². The van der Waals surface area contributed by atoms with Gasteiger partial charge in [-0.1, -0.05) is 29.8 Å². The molecule has 1 aliphatic heterocycles. The summed E-state index contributed by atoms with van der Waals surface area (Å²) in [6.07, 6.45) is 0. The quantitative estimate of drug-likeness (QED) is 0.399. The number of anilines is 1. The van der Waals surface area contributed by atoms with Crippen LogP contribution in [0, 0.1) is 13.8 Å². The van der Waals surface area contributed by atoms with Crippen molar-refractivity contribution in [2.75, 3.05) is 24.1 Å². The Bertz CT molecular complexity index is 1370. The fourth-order valence-corrected chi connectivity index (χ4v) is 4.99. The average Bonchev–Trinajstić information content (AvgIpc) is 2.85. The van der Waals surface area contributed by atoms with Crippen LogP contribution in [0.3, 0.4) is 0 Å². The van der Waals surface area contributed by atoms with E-state index in [9.17, 15) is 13.2 Å². The molecule has 0 saturated heterocycles. The van der Waals surface area contributed by atoms with Crippen molar-refractivity contribution in [3.8, 4) is 11.5 Å². The number of amides is 1. The number of ether oxygens (including phenoxy) is 2. The molecule has 1 N–H and O–H groups in total. The topological polar surface area (TPSA) is 97.3 Å². The van der Waals surface area contributed by atoms with Gasteiger partial charge >= 0.3 is 0 Å². The van der Waals surface area contributed by atoms with E-state index in [0.717, 1.165) is 21.0 Å². The van der Waals surface area contributed by atoms with Gasteiger partial charge in [0.25, 0.3) is 15.9 Å². The molecule has 1 heterocycles. The molecular weight excluding hydrogens is 466 g/mol. The Kier molecular flexibility index (Phi) is 7.07. The molecule has 9 heteroatoms. The summed E-state index contributed by atoms with van der Waals surface area (Å²) in [7, 11) is -3.99. The fraction of sp³-hybridized carbons (Fsp3) is 0.231. The Morgan fingerprint density at radius 1 is 0.943 bits per heavy atom. The zero-order valence-electron chi connectivity index (χ0n) is 19.8. The highest BCUT2D eigenvalue weighted by molar-refractivity contribution is 7.92. The van der Waals surface area contributed by atoms with Crippen LogP contribution in [0.2, 0.25) is 0 Å². The Morgan fingerprint density at radius 3 is 2.37 bits per heavy atom. The fourth-order valence-electron chi connectivity index (χ4n) is 3.58. The van der Waals surface area contributed by atoms with Gasteiger partial charge in [0.15, 0.2) is 11.5 Å². The third kappa shape index (κ3) is 5.63. The summed E-state index contributed by atoms with van der Waals surface area (Å²) in [5.74, 6) is 0.704. The molecule has 0 aliphatic carbocycles. The highest BCUT2D eigenvalue weighted by Gasteiger charge is 2.27. The summed E-state index contributed by atoms with van der Waals surface area (Å²) in [4.78, 5) is 12.9. The lowest BCUT2D eigenvalue weighted by Crippen LogP contribution is -2.39. The minimum absolute atomic E-state index is 0.105. The molecule has 3 aromatic carbocycles. The Morgan fingerprint density at radius 2 is 1.66 bits per heavy atom. The maximum atomic E-state index is 13.5. The van der Waals surface area contributed by atoms with Gasteiger partial charge in [-0.2, -0.15) is 5.10 Å². The van der Waals surface area contributed by atoms with Crippen LogP contribution in [-0.4, -0.2) is 39.8 Å². The number of rotatable bonds is 7. The molecule has 0 fully saturated rings. The van der Waals surface area contributed by atoms with Gasteiger partial charge in [0, 0.05) is 5.56 Å². The van der Waals surface area contributed by atoms with Gasteiger partial charge in [0.2, 0.25) is 0 Å². The summed E-state index contributed by atoms with van der Waals surface area (Å²) in [6.45, 7) is 6.02. The molecule has 0 unspecified atom stereocenters. The van der Waals surface area contributed by atoms with Crippen molar-refractivity contribution in [1.82, 2.24) is 5.43 Å². The predicted octanol–water partition coefficient (Wildman–Crippen LogP) is 3.81. The van der Waals surface area contributed by atoms with Crippen molar-refractivity contribution in [3.05, 3.63) is 83.4 Å². The van der Waals surface area contributed by atoms with Crippen LogP contribution in [0.25, 0.3) is 0 Å². The van der Waals surface area contributed by atoms with Gasteiger partial charge in [0.1, 0.15) is 19.8 Å². The van der Waals surface area contributed by atoms with E-state index < -0.39 is 22.5 Å². The summed E-state index contributed by atoms with van der Waals surface area (Å²) in [6, 6.07) is 18.9. The smallest absolute Gasteiger partial charge is 0.264 e. The van der Waals surface area contributed by atoms with Crippen molar-refractivity contribution in [3.63, 3.8) is 0 Å². The van der Waals surface area contributed by atoms with Crippen LogP contribution >= 0.6 is 0 Å². The second-order valence-corrected chi connectivity index (χ2v) is 10.1. The van der Waals surface area contributed by atoms with Crippen LogP contribution < -0.4 is 19.2 Å². The number of hydrazone groups is 1. The number of carbonyl (C=O) groups excluding carboxylic acids is 1. The molecule has 0 atom stereocenters. The first kappa shape index (κ1) is 24.3. The van der Waals surface area contributed by atoms with Crippen molar-refractivity contribution >= 4 is 27.3 Å². The molecule has 1 aliphatic rings. The van der Waals surface area contributed by atoms with E-state index in [4.69, 9.17) is 9.47 Å². The number of aryl methyl sites for hydroxylation is 2. The molecule has 0 radical (unpaired) electrons. The molecular formula is C26H27N3O5S. The van der Waals surface area contributed by atoms with Crippen LogP contribution in [0.1, 0.15) is 23.6 Å². The molecule has 0 bridgehead atoms. The number of nitrogens with zero attached hydrogens (tertiary/aromatic N) is 2. The van der Waals surface area contributed by atoms with Gasteiger partial charge in [-0.25, -0.2) is 13.8 Å². The first-order valence-electron chi connectivity index (χ1n) is 11.1. The minimum Gasteiger partial charge on any atom is -0.486 e. The lowest BCUT2D eigenvalue weighted by atomic mass is 10.1. The summed E-state index contributed by atoms with van der Waals surface area (Å²) in [5.41, 5.74) is 5.98. The van der Waals surface area contributed by atoms with E-state index in [1.54, 1.807) is 49.4 Å². The number of hydrogen-bond donors (Lipinski definition) is 1. The van der Waals surface area contributed by atoms with Crippen molar-refractivity contribution in [1.29, 1.82) is 0 Å². The average molecular weight is 494 g/mol. The lowest BCUT2D eigenvalue weighted by molar-refractivity contribution is -0.119. The second kappa shape index (κ2) is 10.2. The molecule has 35 heavy (non-hydrogen) atoms. The second-order valence-electron chi connectivity index (χ2n) is 8.25. The third-order valence-electron chi connectivity index (χ3n) is 5.49. The summed E-state index contributed by atoms with van der Waals surface area (Å²) in [5, 5.41) is 4.17. The molecule has 0 spiro atoms. The number of nitrogens with one attached hydrogen (secondary N) is 1. The highest BCUT2D eigenvalue weighted by Crippen LogP contribution is 2.31. The summed E-state index contributed by atoms with van der Waals surface area (Å²) >= 11 is 0. The van der Waals surface area contributed by atoms with E-state index in [1.807, 2.05) is 26.0 Å². The van der Waals surface area contributed by atoms with E-state index in [1.165, 1.54) is 12.1 Å². The van der Waals surface area contributed by atoms with Crippen molar-refractivity contribution in [2.24, 2.45) is 5.10 Å². The van der Waals surface area contributed by atoms with E-state index in [-0.39, 0.29) is 4.90 Å². The van der Waals surface area contributed by atoms with Gasteiger partial charge in [-0.05, 0) is 68.8 Å². The lowest BCUT2D eigenvalue weighted by Gasteiger charge is -2.24. The number of hydrogen-bond acceptors (Lipinski definition) is 6. The van der Waals surface area contributed by atoms with Crippen LogP contribution in [0.5, 0.6) is 11.5 Å². The van der Waals surface area contributed by atoms with E-state index in [2.05, 4.69) is 10.5 Å². The molecule has 0 aromatic heterocycles. The standard InChI is InChI=1S/C26H27N3O5S/c1-18-7-10-23(11-8-18)35(31,32)29(22-6-4-5-19(2)15-22)17-26(30)28-27-20(3)21-9-12-24-25(16-21)34-14-13-33-24/h4-12,15-16H,13-14,17H2,1-3H3,(H,28,30)/b27-20-. The van der Waals surface area contributed by atoms with Gasteiger partial charge in [-0.3, -0.25) is 9.10 Å². The number of carbonyl (C=O) groups is 1. The molecule has 3 aromatic rings. The van der Waals surface area contributed by atoms with Gasteiger partial charge < -0.3 is 9.47 Å². The number of fused-ring (bicyclic) bond motifs is 1. The van der Waals surface area contributed by atoms with Crippen molar-refractivity contribution < 1.29 is 22.7 Å². The maximum Gasteiger partial charge on any atom is 0.264 e. The molecule has 4 rings (SSSR count). The Hall–Kier alpha value is -3.85. The molecule has 8 nitrogen and oxygen atoms in total. The molecule has 1 amide bonds. The minimum atomic E-state index is -3.99. The van der Waals surface area contributed by atoms with Crippen LogP contribution in [0.15, 0.2) is 76.7 Å². The maximum absolute atomic E-state index is 13.5. The monoisotopic (exact) mass is 493 g/mol. The van der Waals surface area contributed by atoms with E-state index in [0.29, 0.717) is 36.1 Å². The Labute approximate surface area is 205 Å². The van der Waals surface area contributed by atoms with Crippen molar-refractivity contribution in [2.45, 2.75) is 25.7 Å². The van der Waals surface area contributed by atoms with Gasteiger partial charge in [-0.15, -0.1) is 0 Å². The molecule has 182 valence electrons. The highest BCUT2D eigenvalue weighted by atomic mass is 32.2. The zero-order valence-corrected chi connectivity index (χ0v) is 20.6. The first-order valence-corrected chi connectivity index (χ1v) is 12.6. The van der Waals surface area contributed by atoms with Gasteiger partial charge in [0.05, 0.1) is 16.3 Å². The third-order valence-corrected chi connectivity index (χ3v) is 7.28. The SMILES string of the molecule is C/C(=N/NC(=O)CN(c1cccc(C)c1)S(=O)(=O)c1ccc(C)cc1)c1ccc2c(c1)OCCO2. The number of sulfonamides is 1. The summed E-state index contributed by atoms with van der Waals surface area (Å²) < 4.78 is 39.2. The van der Waals surface area contributed by atoms with E-state index >= 15 is 0 Å².